The number of carbonyl (C=O) groups is 2. The van der Waals surface area contributed by atoms with E-state index in [0.717, 1.165) is 25.2 Å². The van der Waals surface area contributed by atoms with E-state index >= 15 is 0 Å². The Morgan fingerprint density at radius 3 is 2.46 bits per heavy atom. The van der Waals surface area contributed by atoms with Crippen LogP contribution < -0.4 is 15.5 Å². The number of para-hydroxylation sites is 2. The van der Waals surface area contributed by atoms with Crippen molar-refractivity contribution in [2.75, 3.05) is 36.5 Å². The number of hydrogen-bond acceptors (Lipinski definition) is 5. The predicted octanol–water partition coefficient (Wildman–Crippen LogP) is 2.70. The van der Waals surface area contributed by atoms with Crippen LogP contribution >= 0.6 is 0 Å². The Labute approximate surface area is 165 Å². The molecular formula is C21H26N4O3. The van der Waals surface area contributed by atoms with E-state index in [-0.39, 0.29) is 29.2 Å². The zero-order chi connectivity index (χ0) is 19.9. The van der Waals surface area contributed by atoms with Crippen molar-refractivity contribution in [1.29, 1.82) is 0 Å². The lowest BCUT2D eigenvalue weighted by atomic mass is 10.2. The van der Waals surface area contributed by atoms with Crippen LogP contribution in [0.15, 0.2) is 42.5 Å². The summed E-state index contributed by atoms with van der Waals surface area (Å²) in [7, 11) is 0. The van der Waals surface area contributed by atoms with Crippen LogP contribution in [0.3, 0.4) is 0 Å². The van der Waals surface area contributed by atoms with Gasteiger partial charge in [-0.15, -0.1) is 0 Å². The zero-order valence-corrected chi connectivity index (χ0v) is 16.3. The largest absolute Gasteiger partial charge is 0.378 e. The number of amides is 2. The van der Waals surface area contributed by atoms with E-state index in [1.165, 1.54) is 0 Å². The Morgan fingerprint density at radius 1 is 1.07 bits per heavy atom. The van der Waals surface area contributed by atoms with Gasteiger partial charge in [0.15, 0.2) is 0 Å². The first-order chi connectivity index (χ1) is 13.6. The summed E-state index contributed by atoms with van der Waals surface area (Å²) in [6, 6.07) is 12.6. The summed E-state index contributed by atoms with van der Waals surface area (Å²) in [6.45, 7) is 6.80. The molecule has 7 heteroatoms. The van der Waals surface area contributed by atoms with Crippen LogP contribution in [0.2, 0.25) is 0 Å². The van der Waals surface area contributed by atoms with Crippen molar-refractivity contribution in [1.82, 2.24) is 10.3 Å². The highest BCUT2D eigenvalue weighted by molar-refractivity contribution is 6.05. The SMILES string of the molecule is CCC(C)NC(=O)c1cccc(C(=O)Nc2ccccc2N2CCOCC2)n1. The summed E-state index contributed by atoms with van der Waals surface area (Å²) >= 11 is 0. The number of rotatable bonds is 6. The molecule has 0 bridgehead atoms. The summed E-state index contributed by atoms with van der Waals surface area (Å²) < 4.78 is 5.41. The van der Waals surface area contributed by atoms with Crippen LogP contribution in [0.4, 0.5) is 11.4 Å². The maximum absolute atomic E-state index is 12.8. The van der Waals surface area contributed by atoms with E-state index in [9.17, 15) is 9.59 Å². The summed E-state index contributed by atoms with van der Waals surface area (Å²) in [4.78, 5) is 31.5. The maximum atomic E-state index is 12.8. The average molecular weight is 382 g/mol. The van der Waals surface area contributed by atoms with Crippen LogP contribution in [0.5, 0.6) is 0 Å². The number of morpholine rings is 1. The number of nitrogens with one attached hydrogen (secondary N) is 2. The van der Waals surface area contributed by atoms with Crippen molar-refractivity contribution in [3.8, 4) is 0 Å². The first-order valence-electron chi connectivity index (χ1n) is 9.59. The third-order valence-corrected chi connectivity index (χ3v) is 4.71. The van der Waals surface area contributed by atoms with Crippen LogP contribution in [-0.4, -0.2) is 49.1 Å². The lowest BCUT2D eigenvalue weighted by Crippen LogP contribution is -2.36. The van der Waals surface area contributed by atoms with Crippen LogP contribution in [0.25, 0.3) is 0 Å². The number of benzene rings is 1. The first-order valence-corrected chi connectivity index (χ1v) is 9.59. The standard InChI is InChI=1S/C21H26N4O3/c1-3-15(2)22-20(26)17-8-6-9-18(23-17)21(27)24-16-7-4-5-10-19(16)25-11-13-28-14-12-25/h4-10,15H,3,11-14H2,1-2H3,(H,22,26)(H,24,27). The van der Waals surface area contributed by atoms with E-state index in [4.69, 9.17) is 4.74 Å². The van der Waals surface area contributed by atoms with Crippen molar-refractivity contribution in [3.63, 3.8) is 0 Å². The van der Waals surface area contributed by atoms with Gasteiger partial charge in [-0.25, -0.2) is 4.98 Å². The fraction of sp³-hybridized carbons (Fsp3) is 0.381. The molecule has 28 heavy (non-hydrogen) atoms. The van der Waals surface area contributed by atoms with Gasteiger partial charge in [0, 0.05) is 19.1 Å². The number of hydrogen-bond donors (Lipinski definition) is 2. The average Bonchev–Trinajstić information content (AvgIpc) is 2.74. The molecule has 1 aliphatic heterocycles. The summed E-state index contributed by atoms with van der Waals surface area (Å²) in [5.74, 6) is -0.628. The fourth-order valence-corrected chi connectivity index (χ4v) is 2.93. The van der Waals surface area contributed by atoms with Crippen LogP contribution in [-0.2, 0) is 4.74 Å². The van der Waals surface area contributed by atoms with Crippen LogP contribution in [0, 0.1) is 0 Å². The number of ether oxygens (including phenoxy) is 1. The number of aromatic nitrogens is 1. The van der Waals surface area contributed by atoms with E-state index in [1.54, 1.807) is 18.2 Å². The van der Waals surface area contributed by atoms with Crippen LogP contribution in [0.1, 0.15) is 41.2 Å². The molecule has 1 aromatic carbocycles. The van der Waals surface area contributed by atoms with Gasteiger partial charge in [0.25, 0.3) is 11.8 Å². The van der Waals surface area contributed by atoms with E-state index in [0.29, 0.717) is 18.9 Å². The molecule has 0 radical (unpaired) electrons. The second-order valence-electron chi connectivity index (χ2n) is 6.76. The molecule has 0 aliphatic carbocycles. The summed E-state index contributed by atoms with van der Waals surface area (Å²) in [5.41, 5.74) is 2.10. The lowest BCUT2D eigenvalue weighted by molar-refractivity contribution is 0.0934. The molecule has 2 heterocycles. The van der Waals surface area contributed by atoms with Gasteiger partial charge < -0.3 is 20.3 Å². The third kappa shape index (κ3) is 4.86. The van der Waals surface area contributed by atoms with Crippen molar-refractivity contribution >= 4 is 23.2 Å². The van der Waals surface area contributed by atoms with Gasteiger partial charge in [0.1, 0.15) is 11.4 Å². The molecule has 148 valence electrons. The molecule has 1 saturated heterocycles. The van der Waals surface area contributed by atoms with Gasteiger partial charge >= 0.3 is 0 Å². The molecule has 1 aromatic heterocycles. The van der Waals surface area contributed by atoms with Crippen molar-refractivity contribution in [2.45, 2.75) is 26.3 Å². The summed E-state index contributed by atoms with van der Waals surface area (Å²) in [5, 5.41) is 5.79. The van der Waals surface area contributed by atoms with Gasteiger partial charge in [-0.05, 0) is 37.6 Å². The molecule has 7 nitrogen and oxygen atoms in total. The maximum Gasteiger partial charge on any atom is 0.274 e. The number of anilines is 2. The molecule has 2 N–H and O–H groups in total. The molecule has 1 atom stereocenters. The third-order valence-electron chi connectivity index (χ3n) is 4.71. The second-order valence-corrected chi connectivity index (χ2v) is 6.76. The van der Waals surface area contributed by atoms with Crippen molar-refractivity contribution in [3.05, 3.63) is 53.9 Å². The van der Waals surface area contributed by atoms with E-state index in [2.05, 4.69) is 20.5 Å². The van der Waals surface area contributed by atoms with Crippen molar-refractivity contribution in [2.24, 2.45) is 0 Å². The van der Waals surface area contributed by atoms with E-state index in [1.807, 2.05) is 38.1 Å². The monoisotopic (exact) mass is 382 g/mol. The lowest BCUT2D eigenvalue weighted by Gasteiger charge is -2.30. The molecule has 1 fully saturated rings. The van der Waals surface area contributed by atoms with Gasteiger partial charge in [-0.1, -0.05) is 25.1 Å². The predicted molar refractivity (Wildman–Crippen MR) is 109 cm³/mol. The molecule has 0 saturated carbocycles. The number of pyridine rings is 1. The van der Waals surface area contributed by atoms with Gasteiger partial charge in [0.05, 0.1) is 24.6 Å². The highest BCUT2D eigenvalue weighted by Crippen LogP contribution is 2.26. The summed E-state index contributed by atoms with van der Waals surface area (Å²) in [6.07, 6.45) is 0.824. The fourth-order valence-electron chi connectivity index (χ4n) is 2.93. The van der Waals surface area contributed by atoms with Gasteiger partial charge in [0.2, 0.25) is 0 Å². The molecule has 1 unspecified atom stereocenters. The topological polar surface area (TPSA) is 83.6 Å². The van der Waals surface area contributed by atoms with Crippen molar-refractivity contribution < 1.29 is 14.3 Å². The Morgan fingerprint density at radius 2 is 1.75 bits per heavy atom. The molecular weight excluding hydrogens is 356 g/mol. The first kappa shape index (κ1) is 19.8. The normalized spacial score (nSPS) is 15.0. The molecule has 3 rings (SSSR count). The zero-order valence-electron chi connectivity index (χ0n) is 16.3. The molecule has 2 amide bonds. The van der Waals surface area contributed by atoms with Gasteiger partial charge in [-0.2, -0.15) is 0 Å². The smallest absolute Gasteiger partial charge is 0.274 e. The van der Waals surface area contributed by atoms with Gasteiger partial charge in [-0.3, -0.25) is 9.59 Å². The highest BCUT2D eigenvalue weighted by atomic mass is 16.5. The Bertz CT molecular complexity index is 834. The Kier molecular flexibility index (Phi) is 6.60. The quantitative estimate of drug-likeness (QED) is 0.803. The Balaban J connectivity index is 1.75. The Hall–Kier alpha value is -2.93. The minimum atomic E-state index is -0.348. The second kappa shape index (κ2) is 9.32. The molecule has 0 spiro atoms. The minimum absolute atomic E-state index is 0.0483. The molecule has 2 aromatic rings. The highest BCUT2D eigenvalue weighted by Gasteiger charge is 2.18. The number of carbonyl (C=O) groups excluding carboxylic acids is 2. The minimum Gasteiger partial charge on any atom is -0.378 e. The van der Waals surface area contributed by atoms with E-state index < -0.39 is 0 Å². The molecule has 1 aliphatic rings. The number of nitrogens with zero attached hydrogens (tertiary/aromatic N) is 2.